The second-order valence-electron chi connectivity index (χ2n) is 8.17. The van der Waals surface area contributed by atoms with Gasteiger partial charge in [0.05, 0.1) is 28.5 Å². The number of ether oxygens (including phenoxy) is 1. The molecule has 0 saturated heterocycles. The maximum atomic E-state index is 14.3. The Morgan fingerprint density at radius 3 is 2.30 bits per heavy atom. The van der Waals surface area contributed by atoms with Gasteiger partial charge in [-0.15, -0.1) is 0 Å². The molecule has 4 rings (SSSR count). The molecular weight excluding hydrogens is 509 g/mol. The molecule has 0 fully saturated rings. The van der Waals surface area contributed by atoms with E-state index in [9.17, 15) is 40.6 Å². The summed E-state index contributed by atoms with van der Waals surface area (Å²) in [6.07, 6.45) is -7.78. The monoisotopic (exact) mass is 525 g/mol. The van der Waals surface area contributed by atoms with Gasteiger partial charge in [0, 0.05) is 17.3 Å². The van der Waals surface area contributed by atoms with Crippen molar-refractivity contribution in [2.24, 2.45) is 0 Å². The fourth-order valence-electron chi connectivity index (χ4n) is 3.97. The molecule has 2 aromatic heterocycles. The number of carboxylic acids is 1. The molecule has 0 amide bonds. The van der Waals surface area contributed by atoms with Crippen molar-refractivity contribution in [3.05, 3.63) is 88.1 Å². The molecule has 3 aromatic rings. The Morgan fingerprint density at radius 2 is 1.65 bits per heavy atom. The van der Waals surface area contributed by atoms with Crippen molar-refractivity contribution in [2.75, 3.05) is 0 Å². The van der Waals surface area contributed by atoms with Crippen molar-refractivity contribution in [1.29, 1.82) is 0 Å². The van der Waals surface area contributed by atoms with E-state index in [4.69, 9.17) is 4.74 Å². The van der Waals surface area contributed by atoms with Crippen LogP contribution in [0.15, 0.2) is 48.7 Å². The van der Waals surface area contributed by atoms with E-state index in [1.807, 2.05) is 0 Å². The lowest BCUT2D eigenvalue weighted by Crippen LogP contribution is -2.23. The lowest BCUT2D eigenvalue weighted by atomic mass is 9.99. The maximum absolute atomic E-state index is 14.3. The predicted molar refractivity (Wildman–Crippen MR) is 114 cm³/mol. The average molecular weight is 525 g/mol. The summed E-state index contributed by atoms with van der Waals surface area (Å²) in [5.41, 5.74) is -1.86. The summed E-state index contributed by atoms with van der Waals surface area (Å²) in [6, 6.07) is 6.79. The van der Waals surface area contributed by atoms with Crippen LogP contribution in [-0.4, -0.2) is 15.9 Å². The van der Waals surface area contributed by atoms with Crippen LogP contribution in [-0.2, 0) is 19.0 Å². The number of hydrogen-bond donors (Lipinski definition) is 0. The molecule has 0 atom stereocenters. The van der Waals surface area contributed by atoms with Gasteiger partial charge < -0.3 is 14.6 Å². The summed E-state index contributed by atoms with van der Waals surface area (Å²) >= 11 is 0. The smallest absolute Gasteiger partial charge is 0.417 e. The first-order chi connectivity index (χ1) is 17.3. The van der Waals surface area contributed by atoms with Gasteiger partial charge in [-0.1, -0.05) is 12.1 Å². The molecule has 37 heavy (non-hydrogen) atoms. The number of rotatable bonds is 6. The fraction of sp³-hybridized carbons (Fsp3) is 0.240. The Bertz CT molecular complexity index is 1380. The zero-order chi connectivity index (χ0) is 27.0. The molecule has 1 aliphatic carbocycles. The van der Waals surface area contributed by atoms with Gasteiger partial charge in [0.25, 0.3) is 0 Å². The molecule has 1 aromatic carbocycles. The van der Waals surface area contributed by atoms with Crippen LogP contribution >= 0.6 is 0 Å². The quantitative estimate of drug-likeness (QED) is 0.387. The predicted octanol–water partition coefficient (Wildman–Crippen LogP) is 5.69. The number of allylic oxidation sites excluding steroid dienone is 2. The summed E-state index contributed by atoms with van der Waals surface area (Å²) in [7, 11) is 0. The summed E-state index contributed by atoms with van der Waals surface area (Å²) in [5.74, 6) is -3.02. The van der Waals surface area contributed by atoms with E-state index in [0.29, 0.717) is 48.7 Å². The number of carbonyl (C=O) groups is 1. The van der Waals surface area contributed by atoms with Gasteiger partial charge in [-0.05, 0) is 60.7 Å². The van der Waals surface area contributed by atoms with Crippen LogP contribution in [0.4, 0.5) is 30.7 Å². The van der Waals surface area contributed by atoms with Crippen LogP contribution in [0.3, 0.4) is 0 Å². The van der Waals surface area contributed by atoms with Crippen molar-refractivity contribution in [3.63, 3.8) is 0 Å². The second kappa shape index (κ2) is 9.83. The molecule has 0 saturated carbocycles. The molecule has 194 valence electrons. The summed E-state index contributed by atoms with van der Waals surface area (Å²) < 4.78 is 98.6. The minimum Gasteiger partial charge on any atom is -0.543 e. The van der Waals surface area contributed by atoms with E-state index in [2.05, 4.69) is 9.97 Å². The Labute approximate surface area is 205 Å². The molecule has 0 bridgehead atoms. The van der Waals surface area contributed by atoms with E-state index in [1.165, 1.54) is 18.2 Å². The number of halogens is 7. The van der Waals surface area contributed by atoms with Gasteiger partial charge in [-0.2, -0.15) is 26.3 Å². The number of aromatic nitrogens is 2. The molecule has 0 unspecified atom stereocenters. The Hall–Kier alpha value is -3.96. The number of aromatic carboxylic acids is 1. The first-order valence-electron chi connectivity index (χ1n) is 10.8. The van der Waals surface area contributed by atoms with Crippen LogP contribution in [0.2, 0.25) is 0 Å². The molecule has 0 radical (unpaired) electrons. The van der Waals surface area contributed by atoms with Gasteiger partial charge in [0.15, 0.2) is 0 Å². The van der Waals surface area contributed by atoms with Gasteiger partial charge in [-0.3, -0.25) is 0 Å². The number of hydrogen-bond acceptors (Lipinski definition) is 5. The van der Waals surface area contributed by atoms with Crippen LogP contribution in [0.25, 0.3) is 11.1 Å². The third kappa shape index (κ3) is 5.73. The number of nitrogens with zero attached hydrogens (tertiary/aromatic N) is 2. The zero-order valence-corrected chi connectivity index (χ0v) is 18.7. The van der Waals surface area contributed by atoms with E-state index < -0.39 is 41.9 Å². The Morgan fingerprint density at radius 1 is 0.946 bits per heavy atom. The molecular formula is C25H16F7N2O3-. The lowest BCUT2D eigenvalue weighted by Gasteiger charge is -2.16. The van der Waals surface area contributed by atoms with Crippen LogP contribution in [0.5, 0.6) is 5.88 Å². The third-order valence-corrected chi connectivity index (χ3v) is 5.73. The van der Waals surface area contributed by atoms with Gasteiger partial charge >= 0.3 is 12.4 Å². The number of carbonyl (C=O) groups excluding carboxylic acids is 1. The molecule has 0 N–H and O–H groups in total. The normalized spacial score (nSPS) is 14.2. The highest BCUT2D eigenvalue weighted by molar-refractivity contribution is 5.94. The van der Waals surface area contributed by atoms with E-state index in [0.717, 1.165) is 12.1 Å². The Balaban J connectivity index is 1.75. The fourth-order valence-corrected chi connectivity index (χ4v) is 3.97. The van der Waals surface area contributed by atoms with Crippen molar-refractivity contribution in [2.45, 2.75) is 38.2 Å². The van der Waals surface area contributed by atoms with E-state index in [1.54, 1.807) is 0 Å². The van der Waals surface area contributed by atoms with Crippen LogP contribution in [0.1, 0.15) is 57.7 Å². The SMILES string of the molecule is O=C([O-])c1cccc(C2=C(c3cc(C(F)(F)F)cnc3OCc3ccc(C(F)(F)F)cc3F)CCC2)n1. The van der Waals surface area contributed by atoms with Crippen molar-refractivity contribution in [1.82, 2.24) is 9.97 Å². The van der Waals surface area contributed by atoms with Gasteiger partial charge in [0.1, 0.15) is 12.4 Å². The minimum absolute atomic E-state index is 0.0599. The molecule has 2 heterocycles. The molecule has 0 aliphatic heterocycles. The average Bonchev–Trinajstić information content (AvgIpc) is 3.32. The summed E-state index contributed by atoms with van der Waals surface area (Å²) in [5, 5.41) is 11.2. The first-order valence-corrected chi connectivity index (χ1v) is 10.8. The van der Waals surface area contributed by atoms with Crippen molar-refractivity contribution >= 4 is 17.1 Å². The molecule has 0 spiro atoms. The number of benzene rings is 1. The van der Waals surface area contributed by atoms with E-state index >= 15 is 0 Å². The first kappa shape index (κ1) is 26.1. The molecule has 12 heteroatoms. The highest BCUT2D eigenvalue weighted by atomic mass is 19.4. The second-order valence-corrected chi connectivity index (χ2v) is 8.17. The molecule has 5 nitrogen and oxygen atoms in total. The van der Waals surface area contributed by atoms with Gasteiger partial charge in [-0.25, -0.2) is 14.4 Å². The third-order valence-electron chi connectivity index (χ3n) is 5.73. The van der Waals surface area contributed by atoms with Gasteiger partial charge in [0.2, 0.25) is 5.88 Å². The highest BCUT2D eigenvalue weighted by Gasteiger charge is 2.34. The minimum atomic E-state index is -4.75. The number of pyridine rings is 2. The zero-order valence-electron chi connectivity index (χ0n) is 18.7. The lowest BCUT2D eigenvalue weighted by molar-refractivity contribution is -0.255. The number of alkyl halides is 6. The molecule has 1 aliphatic rings. The summed E-state index contributed by atoms with van der Waals surface area (Å²) in [4.78, 5) is 19.0. The van der Waals surface area contributed by atoms with Crippen LogP contribution in [0, 0.1) is 5.82 Å². The van der Waals surface area contributed by atoms with Crippen LogP contribution < -0.4 is 9.84 Å². The topological polar surface area (TPSA) is 75.1 Å². The van der Waals surface area contributed by atoms with E-state index in [-0.39, 0.29) is 28.4 Å². The standard InChI is InChI=1S/C25H17F7N2O3/c26-19-10-14(24(27,28)29)8-7-13(19)12-37-22-18(9-15(11-33-22)25(30,31)32)16-3-1-4-17(16)20-5-2-6-21(34-20)23(35)36/h2,5-11H,1,3-4,12H2,(H,35,36)/p-1. The van der Waals surface area contributed by atoms with Crippen molar-refractivity contribution in [3.8, 4) is 5.88 Å². The van der Waals surface area contributed by atoms with Crippen molar-refractivity contribution < 1.29 is 45.4 Å². The Kier molecular flexibility index (Phi) is 6.94. The highest BCUT2D eigenvalue weighted by Crippen LogP contribution is 2.43. The summed E-state index contributed by atoms with van der Waals surface area (Å²) in [6.45, 7) is -0.601. The maximum Gasteiger partial charge on any atom is 0.417 e. The number of carboxylic acid groups (broad SMARTS) is 1. The largest absolute Gasteiger partial charge is 0.543 e.